The van der Waals surface area contributed by atoms with Crippen LogP contribution in [0.3, 0.4) is 0 Å². The van der Waals surface area contributed by atoms with Crippen molar-refractivity contribution in [3.05, 3.63) is 40.6 Å². The van der Waals surface area contributed by atoms with Gasteiger partial charge in [0.1, 0.15) is 16.8 Å². The molecule has 0 atom stereocenters. The van der Waals surface area contributed by atoms with Crippen LogP contribution in [0.15, 0.2) is 29.2 Å². The summed E-state index contributed by atoms with van der Waals surface area (Å²) in [6.07, 6.45) is 1.92. The molecule has 0 aromatic heterocycles. The monoisotopic (exact) mass is 225 g/mol. The van der Waals surface area contributed by atoms with Gasteiger partial charge >= 0.3 is 0 Å². The Hall–Kier alpha value is -1.67. The van der Waals surface area contributed by atoms with Gasteiger partial charge in [-0.3, -0.25) is 0 Å². The topological polar surface area (TPSA) is 57.9 Å². The van der Waals surface area contributed by atoms with Gasteiger partial charge in [-0.05, 0) is 12.1 Å². The third-order valence-corrected chi connectivity index (χ3v) is 2.71. The Labute approximate surface area is 87.4 Å². The lowest BCUT2D eigenvalue weighted by Crippen LogP contribution is -1.98. The van der Waals surface area contributed by atoms with E-state index in [1.807, 2.05) is 0 Å². The van der Waals surface area contributed by atoms with Gasteiger partial charge in [0.05, 0.1) is 0 Å². The zero-order chi connectivity index (χ0) is 11.5. The maximum absolute atomic E-state index is 13.1. The van der Waals surface area contributed by atoms with Crippen LogP contribution in [0.2, 0.25) is 0 Å². The highest BCUT2D eigenvalue weighted by Gasteiger charge is 2.11. The molecule has 0 heterocycles. The third kappa shape index (κ3) is 2.89. The largest absolute Gasteiger partial charge is 0.223 e. The number of hydrogen-bond acceptors (Lipinski definition) is 3. The van der Waals surface area contributed by atoms with Crippen molar-refractivity contribution in [2.24, 2.45) is 0 Å². The Morgan fingerprint density at radius 2 is 2.07 bits per heavy atom. The van der Waals surface area contributed by atoms with Crippen molar-refractivity contribution in [3.8, 4) is 6.07 Å². The maximum atomic E-state index is 13.1. The van der Waals surface area contributed by atoms with E-state index in [0.717, 1.165) is 12.3 Å². The number of allylic oxidation sites excluding steroid dienone is 1. The van der Waals surface area contributed by atoms with Crippen LogP contribution in [-0.4, -0.2) is 14.7 Å². The zero-order valence-corrected chi connectivity index (χ0v) is 8.75. The molecule has 0 aliphatic carbocycles. The Balaban J connectivity index is 3.30. The molecule has 0 saturated heterocycles. The first-order valence-electron chi connectivity index (χ1n) is 4.01. The lowest BCUT2D eigenvalue weighted by atomic mass is 10.2. The standard InChI is InChI=1S/C10H8FNO2S/c1-15(13,14)9(7-12)6-8-4-2-3-5-10(8)11/h2-6H,1H3. The molecule has 0 fully saturated rings. The molecular weight excluding hydrogens is 217 g/mol. The number of rotatable bonds is 2. The SMILES string of the molecule is CS(=O)(=O)C(C#N)=Cc1ccccc1F. The summed E-state index contributed by atoms with van der Waals surface area (Å²) in [7, 11) is -3.60. The van der Waals surface area contributed by atoms with Gasteiger partial charge in [-0.15, -0.1) is 0 Å². The summed E-state index contributed by atoms with van der Waals surface area (Å²) in [6, 6.07) is 7.17. The van der Waals surface area contributed by atoms with Crippen LogP contribution in [0.25, 0.3) is 6.08 Å². The maximum Gasteiger partial charge on any atom is 0.185 e. The van der Waals surface area contributed by atoms with E-state index in [4.69, 9.17) is 5.26 Å². The van der Waals surface area contributed by atoms with Gasteiger partial charge in [0.15, 0.2) is 9.84 Å². The fourth-order valence-electron chi connectivity index (χ4n) is 0.956. The molecule has 0 bridgehead atoms. The summed E-state index contributed by atoms with van der Waals surface area (Å²) in [4.78, 5) is -0.451. The molecule has 0 spiro atoms. The molecule has 0 radical (unpaired) electrons. The molecule has 3 nitrogen and oxygen atoms in total. The van der Waals surface area contributed by atoms with Crippen molar-refractivity contribution in [2.75, 3.05) is 6.26 Å². The van der Waals surface area contributed by atoms with Crippen molar-refractivity contribution in [1.82, 2.24) is 0 Å². The number of hydrogen-bond donors (Lipinski definition) is 0. The van der Waals surface area contributed by atoms with Crippen molar-refractivity contribution in [3.63, 3.8) is 0 Å². The fraction of sp³-hybridized carbons (Fsp3) is 0.100. The molecule has 0 aliphatic heterocycles. The summed E-state index contributed by atoms with van der Waals surface area (Å²) < 4.78 is 35.3. The Morgan fingerprint density at radius 3 is 2.53 bits per heavy atom. The summed E-state index contributed by atoms with van der Waals surface area (Å²) in [5.41, 5.74) is 0.0828. The zero-order valence-electron chi connectivity index (χ0n) is 7.94. The molecular formula is C10H8FNO2S. The Bertz CT molecular complexity index is 541. The normalized spacial score (nSPS) is 12.2. The summed E-state index contributed by atoms with van der Waals surface area (Å²) in [6.45, 7) is 0. The molecule has 1 rings (SSSR count). The molecule has 1 aromatic carbocycles. The average Bonchev–Trinajstić information content (AvgIpc) is 2.14. The molecule has 1 aromatic rings. The predicted octanol–water partition coefficient (Wildman–Crippen LogP) is 1.73. The summed E-state index contributed by atoms with van der Waals surface area (Å²) in [5, 5.41) is 8.59. The number of nitriles is 1. The molecule has 0 saturated carbocycles. The highest BCUT2D eigenvalue weighted by Crippen LogP contribution is 2.13. The first-order valence-corrected chi connectivity index (χ1v) is 5.90. The minimum Gasteiger partial charge on any atom is -0.223 e. The second-order valence-electron chi connectivity index (χ2n) is 2.91. The quantitative estimate of drug-likeness (QED) is 0.720. The Kier molecular flexibility index (Phi) is 3.22. The minimum atomic E-state index is -3.60. The average molecular weight is 225 g/mol. The van der Waals surface area contributed by atoms with Gasteiger partial charge in [-0.25, -0.2) is 12.8 Å². The van der Waals surface area contributed by atoms with Crippen LogP contribution in [0.1, 0.15) is 5.56 Å². The van der Waals surface area contributed by atoms with Crippen LogP contribution in [-0.2, 0) is 9.84 Å². The predicted molar refractivity (Wildman–Crippen MR) is 54.8 cm³/mol. The van der Waals surface area contributed by atoms with Crippen molar-refractivity contribution < 1.29 is 12.8 Å². The Morgan fingerprint density at radius 1 is 1.47 bits per heavy atom. The first kappa shape index (κ1) is 11.4. The van der Waals surface area contributed by atoms with E-state index in [1.165, 1.54) is 24.3 Å². The van der Waals surface area contributed by atoms with Crippen molar-refractivity contribution in [2.45, 2.75) is 0 Å². The number of sulfone groups is 1. The van der Waals surface area contributed by atoms with Crippen LogP contribution < -0.4 is 0 Å². The molecule has 0 N–H and O–H groups in total. The smallest absolute Gasteiger partial charge is 0.185 e. The van der Waals surface area contributed by atoms with E-state index >= 15 is 0 Å². The first-order chi connectivity index (χ1) is 6.95. The minimum absolute atomic E-state index is 0.0828. The third-order valence-electron chi connectivity index (χ3n) is 1.70. The number of benzene rings is 1. The van der Waals surface area contributed by atoms with E-state index in [-0.39, 0.29) is 5.56 Å². The number of nitrogens with zero attached hydrogens (tertiary/aromatic N) is 1. The van der Waals surface area contributed by atoms with Gasteiger partial charge < -0.3 is 0 Å². The van der Waals surface area contributed by atoms with E-state index in [0.29, 0.717) is 0 Å². The second-order valence-corrected chi connectivity index (χ2v) is 4.90. The van der Waals surface area contributed by atoms with E-state index in [1.54, 1.807) is 6.07 Å². The molecule has 5 heteroatoms. The van der Waals surface area contributed by atoms with Crippen LogP contribution in [0.5, 0.6) is 0 Å². The van der Waals surface area contributed by atoms with E-state index in [9.17, 15) is 12.8 Å². The van der Waals surface area contributed by atoms with Gasteiger partial charge in [-0.1, -0.05) is 18.2 Å². The molecule has 0 amide bonds. The summed E-state index contributed by atoms with van der Waals surface area (Å²) >= 11 is 0. The van der Waals surface area contributed by atoms with Crippen LogP contribution >= 0.6 is 0 Å². The van der Waals surface area contributed by atoms with Crippen LogP contribution in [0.4, 0.5) is 4.39 Å². The number of halogens is 1. The van der Waals surface area contributed by atoms with E-state index < -0.39 is 20.6 Å². The molecule has 78 valence electrons. The fourth-order valence-corrected chi connectivity index (χ4v) is 1.46. The second kappa shape index (κ2) is 4.24. The highest BCUT2D eigenvalue weighted by atomic mass is 32.2. The van der Waals surface area contributed by atoms with Gasteiger partial charge in [-0.2, -0.15) is 5.26 Å². The van der Waals surface area contributed by atoms with E-state index in [2.05, 4.69) is 0 Å². The van der Waals surface area contributed by atoms with Crippen molar-refractivity contribution >= 4 is 15.9 Å². The van der Waals surface area contributed by atoms with Gasteiger partial charge in [0.25, 0.3) is 0 Å². The molecule has 15 heavy (non-hydrogen) atoms. The lowest BCUT2D eigenvalue weighted by Gasteiger charge is -1.97. The molecule has 0 unspecified atom stereocenters. The lowest BCUT2D eigenvalue weighted by molar-refractivity contribution is 0.609. The van der Waals surface area contributed by atoms with Gasteiger partial charge in [0, 0.05) is 11.8 Å². The van der Waals surface area contributed by atoms with Crippen LogP contribution in [0, 0.1) is 17.1 Å². The van der Waals surface area contributed by atoms with Crippen molar-refractivity contribution in [1.29, 1.82) is 5.26 Å². The highest BCUT2D eigenvalue weighted by molar-refractivity contribution is 7.95. The summed E-state index contributed by atoms with van der Waals surface area (Å²) in [5.74, 6) is -0.561. The van der Waals surface area contributed by atoms with Gasteiger partial charge in [0.2, 0.25) is 0 Å². The molecule has 0 aliphatic rings.